The van der Waals surface area contributed by atoms with Crippen molar-refractivity contribution in [3.05, 3.63) is 105 Å². The Kier molecular flexibility index (Phi) is 393. The van der Waals surface area contributed by atoms with Crippen molar-refractivity contribution in [1.29, 1.82) is 0 Å². The standard InChI is InChI=1S/C7H16O3.C2H6O2.8C2H4/c1-6(4-8)10-5-7(2)9-3;3-1-2-4;8*1-2/h6-8H,4-5H2,1-3H3;3-4H,1-2H2;8*1-2H2. The second kappa shape index (κ2) is 187. The van der Waals surface area contributed by atoms with Gasteiger partial charge >= 0.3 is 0 Å². The van der Waals surface area contributed by atoms with Crippen molar-refractivity contribution in [2.45, 2.75) is 26.1 Å². The maximum atomic E-state index is 8.55. The van der Waals surface area contributed by atoms with E-state index in [1.807, 2.05) is 13.8 Å². The second-order valence-electron chi connectivity index (χ2n) is 2.82. The second-order valence-corrected chi connectivity index (χ2v) is 2.82. The van der Waals surface area contributed by atoms with Crippen LogP contribution in [-0.4, -0.2) is 61.1 Å². The molecule has 0 aromatic carbocycles. The fourth-order valence-electron chi connectivity index (χ4n) is 0.421. The van der Waals surface area contributed by atoms with E-state index < -0.39 is 0 Å². The minimum Gasteiger partial charge on any atom is -0.394 e. The molecule has 2 atom stereocenters. The van der Waals surface area contributed by atoms with Crippen LogP contribution in [0.2, 0.25) is 0 Å². The molecule has 0 aliphatic heterocycles. The highest BCUT2D eigenvalue weighted by Gasteiger charge is 2.03. The van der Waals surface area contributed by atoms with E-state index in [2.05, 4.69) is 105 Å². The Morgan fingerprint density at radius 3 is 0.900 bits per heavy atom. The summed E-state index contributed by atoms with van der Waals surface area (Å²) in [5, 5.41) is 23.8. The number of hydrogen-bond acceptors (Lipinski definition) is 5. The Hall–Kier alpha value is -2.28. The maximum Gasteiger partial charge on any atom is 0.0779 e. The number of rotatable bonds is 6. The quantitative estimate of drug-likeness (QED) is 0.460. The van der Waals surface area contributed by atoms with Gasteiger partial charge in [-0.25, -0.2) is 0 Å². The van der Waals surface area contributed by atoms with Crippen LogP contribution in [0.3, 0.4) is 0 Å². The SMILES string of the molecule is C=C.C=C.C=C.C=C.C=C.C=C.C=C.C=C.COC(C)COC(C)CO.OCCO. The number of hydrogen-bond donors (Lipinski definition) is 3. The molecule has 30 heavy (non-hydrogen) atoms. The lowest BCUT2D eigenvalue weighted by Gasteiger charge is -2.13. The zero-order valence-electron chi connectivity index (χ0n) is 20.5. The van der Waals surface area contributed by atoms with Gasteiger partial charge in [-0.15, -0.1) is 105 Å². The molecule has 2 unspecified atom stereocenters. The molecule has 0 rings (SSSR count). The number of ether oxygens (including phenoxy) is 2. The Morgan fingerprint density at radius 1 is 0.533 bits per heavy atom. The molecule has 5 heteroatoms. The average molecular weight is 435 g/mol. The lowest BCUT2D eigenvalue weighted by atomic mass is 10.4. The maximum absolute atomic E-state index is 8.55. The van der Waals surface area contributed by atoms with Crippen LogP contribution in [-0.2, 0) is 9.47 Å². The van der Waals surface area contributed by atoms with Crippen LogP contribution < -0.4 is 0 Å². The third kappa shape index (κ3) is 264. The van der Waals surface area contributed by atoms with E-state index in [1.54, 1.807) is 7.11 Å². The molecule has 0 radical (unpaired) electrons. The molecule has 0 fully saturated rings. The van der Waals surface area contributed by atoms with Crippen LogP contribution in [0.25, 0.3) is 0 Å². The first-order valence-corrected chi connectivity index (χ1v) is 8.59. The molecular formula is C25H54O5. The molecule has 3 N–H and O–H groups in total. The van der Waals surface area contributed by atoms with Crippen molar-refractivity contribution in [1.82, 2.24) is 0 Å². The van der Waals surface area contributed by atoms with Gasteiger partial charge in [-0.05, 0) is 13.8 Å². The lowest BCUT2D eigenvalue weighted by Crippen LogP contribution is -2.21. The van der Waals surface area contributed by atoms with Crippen molar-refractivity contribution < 1.29 is 24.8 Å². The predicted molar refractivity (Wildman–Crippen MR) is 143 cm³/mol. The minimum absolute atomic E-state index is 0.0659. The molecule has 0 aromatic heterocycles. The zero-order chi connectivity index (χ0) is 27.4. The number of aliphatic hydroxyl groups excluding tert-OH is 3. The van der Waals surface area contributed by atoms with Crippen LogP contribution >= 0.6 is 0 Å². The third-order valence-electron chi connectivity index (χ3n) is 1.37. The number of methoxy groups -OCH3 is 1. The summed E-state index contributed by atoms with van der Waals surface area (Å²) in [7, 11) is 1.64. The topological polar surface area (TPSA) is 79.2 Å². The van der Waals surface area contributed by atoms with E-state index in [0.717, 1.165) is 0 Å². The van der Waals surface area contributed by atoms with E-state index in [9.17, 15) is 0 Å². The van der Waals surface area contributed by atoms with Crippen molar-refractivity contribution in [2.24, 2.45) is 0 Å². The molecule has 0 heterocycles. The van der Waals surface area contributed by atoms with E-state index in [1.165, 1.54) is 0 Å². The van der Waals surface area contributed by atoms with Crippen LogP contribution in [0.5, 0.6) is 0 Å². The fraction of sp³-hybridized carbons (Fsp3) is 0.360. The summed E-state index contributed by atoms with van der Waals surface area (Å²) in [6.45, 7) is 52.1. The van der Waals surface area contributed by atoms with Gasteiger partial charge in [0.15, 0.2) is 0 Å². The van der Waals surface area contributed by atoms with Gasteiger partial charge in [-0.3, -0.25) is 0 Å². The van der Waals surface area contributed by atoms with Gasteiger partial charge < -0.3 is 24.8 Å². The highest BCUT2D eigenvalue weighted by molar-refractivity contribution is 4.49. The zero-order valence-corrected chi connectivity index (χ0v) is 20.5. The predicted octanol–water partition coefficient (Wildman–Crippen LogP) is 5.81. The summed E-state index contributed by atoms with van der Waals surface area (Å²) in [6, 6.07) is 0. The molecule has 0 bridgehead atoms. The monoisotopic (exact) mass is 434 g/mol. The fourth-order valence-corrected chi connectivity index (χ4v) is 0.421. The van der Waals surface area contributed by atoms with Gasteiger partial charge in [0.1, 0.15) is 0 Å². The molecular weight excluding hydrogens is 380 g/mol. The van der Waals surface area contributed by atoms with E-state index >= 15 is 0 Å². The normalized spacial score (nSPS) is 7.67. The average Bonchev–Trinajstić information content (AvgIpc) is 2.91. The molecule has 0 aliphatic rings. The first-order valence-electron chi connectivity index (χ1n) is 8.59. The van der Waals surface area contributed by atoms with Gasteiger partial charge in [-0.1, -0.05) is 0 Å². The molecule has 0 spiro atoms. The van der Waals surface area contributed by atoms with Crippen molar-refractivity contribution in [3.63, 3.8) is 0 Å². The first kappa shape index (κ1) is 63.0. The van der Waals surface area contributed by atoms with E-state index in [-0.39, 0.29) is 32.0 Å². The van der Waals surface area contributed by atoms with Gasteiger partial charge in [0, 0.05) is 7.11 Å². The van der Waals surface area contributed by atoms with Crippen LogP contribution in [0.1, 0.15) is 13.8 Å². The summed E-state index contributed by atoms with van der Waals surface area (Å²) in [5.74, 6) is 0. The molecule has 0 saturated heterocycles. The Bertz CT molecular complexity index is 156. The van der Waals surface area contributed by atoms with Crippen molar-refractivity contribution in [2.75, 3.05) is 33.5 Å². The summed E-state index contributed by atoms with van der Waals surface area (Å²) < 4.78 is 10.1. The van der Waals surface area contributed by atoms with Crippen LogP contribution in [0.15, 0.2) is 105 Å². The highest BCUT2D eigenvalue weighted by atomic mass is 16.5. The molecule has 5 nitrogen and oxygen atoms in total. The van der Waals surface area contributed by atoms with Gasteiger partial charge in [0.2, 0.25) is 0 Å². The molecule has 0 amide bonds. The Morgan fingerprint density at radius 2 is 0.767 bits per heavy atom. The first-order chi connectivity index (χ1) is 14.6. The van der Waals surface area contributed by atoms with E-state index in [0.29, 0.717) is 6.61 Å². The lowest BCUT2D eigenvalue weighted by molar-refractivity contribution is -0.0313. The van der Waals surface area contributed by atoms with Gasteiger partial charge in [-0.2, -0.15) is 0 Å². The van der Waals surface area contributed by atoms with Crippen molar-refractivity contribution >= 4 is 0 Å². The molecule has 0 saturated carbocycles. The van der Waals surface area contributed by atoms with E-state index in [4.69, 9.17) is 24.8 Å². The van der Waals surface area contributed by atoms with Crippen molar-refractivity contribution in [3.8, 4) is 0 Å². The van der Waals surface area contributed by atoms with Gasteiger partial charge in [0.05, 0.1) is 38.6 Å². The highest BCUT2D eigenvalue weighted by Crippen LogP contribution is 1.93. The largest absolute Gasteiger partial charge is 0.394 e. The number of aliphatic hydroxyl groups is 3. The minimum atomic E-state index is -0.125. The molecule has 0 aliphatic carbocycles. The smallest absolute Gasteiger partial charge is 0.0779 e. The summed E-state index contributed by atoms with van der Waals surface area (Å²) in [4.78, 5) is 0. The summed E-state index contributed by atoms with van der Waals surface area (Å²) >= 11 is 0. The molecule has 184 valence electrons. The summed E-state index contributed by atoms with van der Waals surface area (Å²) in [5.41, 5.74) is 0. The third-order valence-corrected chi connectivity index (χ3v) is 1.37. The molecule has 0 aromatic rings. The Labute approximate surface area is 190 Å². The van der Waals surface area contributed by atoms with Gasteiger partial charge in [0.25, 0.3) is 0 Å². The Balaban J connectivity index is -0.0000000213. The van der Waals surface area contributed by atoms with Crippen LogP contribution in [0.4, 0.5) is 0 Å². The summed E-state index contributed by atoms with van der Waals surface area (Å²) in [6.07, 6.45) is 0.0200. The van der Waals surface area contributed by atoms with Crippen LogP contribution in [0, 0.1) is 0 Å².